The highest BCUT2D eigenvalue weighted by Crippen LogP contribution is 2.22. The maximum absolute atomic E-state index is 3.70. The van der Waals surface area contributed by atoms with Crippen molar-refractivity contribution in [1.82, 2.24) is 5.32 Å². The van der Waals surface area contributed by atoms with Crippen LogP contribution in [-0.2, 0) is 0 Å². The van der Waals surface area contributed by atoms with E-state index in [0.717, 1.165) is 6.04 Å². The first kappa shape index (κ1) is 21.3. The van der Waals surface area contributed by atoms with Gasteiger partial charge in [0.15, 0.2) is 0 Å². The lowest BCUT2D eigenvalue weighted by Crippen LogP contribution is -2.37. The Hall–Kier alpha value is -1.02. The molecule has 0 bridgehead atoms. The minimum Gasteiger partial charge on any atom is -0.369 e. The average Bonchev–Trinajstić information content (AvgIpc) is 2.69. The van der Waals surface area contributed by atoms with Gasteiger partial charge in [0.05, 0.1) is 0 Å². The van der Waals surface area contributed by atoms with Crippen molar-refractivity contribution in [2.45, 2.75) is 103 Å². The summed E-state index contributed by atoms with van der Waals surface area (Å²) in [6.07, 6.45) is 16.4. The van der Waals surface area contributed by atoms with E-state index in [1.807, 2.05) is 0 Å². The van der Waals surface area contributed by atoms with Gasteiger partial charge in [0.25, 0.3) is 0 Å². The molecule has 2 heteroatoms. The molecular formula is C24H42N2. The molecule has 0 amide bonds. The number of hydrogen-bond acceptors (Lipinski definition) is 2. The second-order valence-corrected chi connectivity index (χ2v) is 8.22. The number of anilines is 1. The van der Waals surface area contributed by atoms with E-state index in [4.69, 9.17) is 0 Å². The van der Waals surface area contributed by atoms with Crippen LogP contribution in [0, 0.1) is 0 Å². The predicted octanol–water partition coefficient (Wildman–Crippen LogP) is 6.55. The van der Waals surface area contributed by atoms with Gasteiger partial charge in [-0.05, 0) is 57.7 Å². The van der Waals surface area contributed by atoms with Crippen LogP contribution in [-0.4, -0.2) is 25.2 Å². The van der Waals surface area contributed by atoms with E-state index in [1.165, 1.54) is 95.8 Å². The van der Waals surface area contributed by atoms with Crippen molar-refractivity contribution in [2.24, 2.45) is 0 Å². The fraction of sp³-hybridized carbons (Fsp3) is 0.750. The Balaban J connectivity index is 1.77. The van der Waals surface area contributed by atoms with E-state index in [2.05, 4.69) is 54.4 Å². The van der Waals surface area contributed by atoms with Crippen molar-refractivity contribution in [3.05, 3.63) is 30.3 Å². The topological polar surface area (TPSA) is 15.3 Å². The summed E-state index contributed by atoms with van der Waals surface area (Å²) in [6.45, 7) is 7.14. The summed E-state index contributed by atoms with van der Waals surface area (Å²) in [4.78, 5) is 2.66. The van der Waals surface area contributed by atoms with Crippen LogP contribution in [0.2, 0.25) is 0 Å². The minimum atomic E-state index is 0.642. The lowest BCUT2D eigenvalue weighted by atomic mass is 10.00. The molecule has 1 aliphatic heterocycles. The van der Waals surface area contributed by atoms with Crippen LogP contribution in [0.15, 0.2) is 30.3 Å². The Morgan fingerprint density at radius 2 is 1.77 bits per heavy atom. The second kappa shape index (κ2) is 13.2. The zero-order valence-corrected chi connectivity index (χ0v) is 17.4. The number of piperidine rings is 1. The number of rotatable bonds is 13. The molecule has 1 heterocycles. The van der Waals surface area contributed by atoms with Crippen LogP contribution in [0.3, 0.4) is 0 Å². The van der Waals surface area contributed by atoms with Crippen LogP contribution < -0.4 is 10.2 Å². The normalized spacial score (nSPS) is 18.6. The lowest BCUT2D eigenvalue weighted by Gasteiger charge is -2.33. The molecule has 1 fully saturated rings. The quantitative estimate of drug-likeness (QED) is 0.402. The second-order valence-electron chi connectivity index (χ2n) is 8.22. The fourth-order valence-electron chi connectivity index (χ4n) is 4.28. The first-order chi connectivity index (χ1) is 12.8. The SMILES string of the molecule is CCCCCCCCC(C)N(CCCC1CCCCN1)c1ccccc1. The Morgan fingerprint density at radius 3 is 2.50 bits per heavy atom. The Kier molecular flexibility index (Phi) is 10.8. The smallest absolute Gasteiger partial charge is 0.0368 e. The van der Waals surface area contributed by atoms with Gasteiger partial charge in [0.2, 0.25) is 0 Å². The van der Waals surface area contributed by atoms with Crippen LogP contribution in [0.4, 0.5) is 5.69 Å². The highest BCUT2D eigenvalue weighted by Gasteiger charge is 2.16. The molecule has 0 aliphatic carbocycles. The number of nitrogens with zero attached hydrogens (tertiary/aromatic N) is 1. The van der Waals surface area contributed by atoms with Crippen molar-refractivity contribution in [3.8, 4) is 0 Å². The first-order valence-electron chi connectivity index (χ1n) is 11.4. The maximum atomic E-state index is 3.70. The van der Waals surface area contributed by atoms with Crippen molar-refractivity contribution in [3.63, 3.8) is 0 Å². The average molecular weight is 359 g/mol. The summed E-state index contributed by atoms with van der Waals surface area (Å²) in [5, 5.41) is 3.70. The number of hydrogen-bond donors (Lipinski definition) is 1. The van der Waals surface area contributed by atoms with E-state index in [1.54, 1.807) is 0 Å². The molecule has 1 N–H and O–H groups in total. The summed E-state index contributed by atoms with van der Waals surface area (Å²) in [6, 6.07) is 12.5. The zero-order valence-electron chi connectivity index (χ0n) is 17.4. The molecule has 2 rings (SSSR count). The fourth-order valence-corrected chi connectivity index (χ4v) is 4.28. The third kappa shape index (κ3) is 8.12. The van der Waals surface area contributed by atoms with Crippen LogP contribution in [0.1, 0.15) is 90.9 Å². The molecule has 2 atom stereocenters. The molecule has 1 aromatic carbocycles. The predicted molar refractivity (Wildman–Crippen MR) is 116 cm³/mol. The molecule has 148 valence electrons. The molecule has 1 aliphatic rings. The van der Waals surface area contributed by atoms with Crippen LogP contribution in [0.25, 0.3) is 0 Å². The van der Waals surface area contributed by atoms with Gasteiger partial charge in [-0.25, -0.2) is 0 Å². The molecule has 0 saturated carbocycles. The summed E-state index contributed by atoms with van der Waals surface area (Å²) in [5.41, 5.74) is 1.41. The third-order valence-electron chi connectivity index (χ3n) is 5.96. The maximum Gasteiger partial charge on any atom is 0.0368 e. The summed E-state index contributed by atoms with van der Waals surface area (Å²) >= 11 is 0. The van der Waals surface area contributed by atoms with Crippen molar-refractivity contribution in [1.29, 1.82) is 0 Å². The lowest BCUT2D eigenvalue weighted by molar-refractivity contribution is 0.374. The summed E-state index contributed by atoms with van der Waals surface area (Å²) < 4.78 is 0. The standard InChI is InChI=1S/C24H42N2/c1-3-4-5-6-7-9-15-22(2)26(24-18-10-8-11-19-24)21-14-17-23-16-12-13-20-25-23/h8,10-11,18-19,22-23,25H,3-7,9,12-17,20-21H2,1-2H3. The number of para-hydroxylation sites is 1. The Morgan fingerprint density at radius 1 is 1.00 bits per heavy atom. The monoisotopic (exact) mass is 358 g/mol. The van der Waals surface area contributed by atoms with E-state index < -0.39 is 0 Å². The van der Waals surface area contributed by atoms with Gasteiger partial charge >= 0.3 is 0 Å². The number of nitrogens with one attached hydrogen (secondary N) is 1. The molecule has 0 radical (unpaired) electrons. The zero-order chi connectivity index (χ0) is 18.5. The highest BCUT2D eigenvalue weighted by atomic mass is 15.2. The third-order valence-corrected chi connectivity index (χ3v) is 5.96. The number of unbranched alkanes of at least 4 members (excludes halogenated alkanes) is 5. The van der Waals surface area contributed by atoms with Gasteiger partial charge in [0.1, 0.15) is 0 Å². The molecule has 2 unspecified atom stereocenters. The molecule has 1 saturated heterocycles. The van der Waals surface area contributed by atoms with E-state index in [0.29, 0.717) is 6.04 Å². The van der Waals surface area contributed by atoms with Crippen LogP contribution >= 0.6 is 0 Å². The van der Waals surface area contributed by atoms with Gasteiger partial charge in [-0.15, -0.1) is 0 Å². The van der Waals surface area contributed by atoms with Crippen molar-refractivity contribution >= 4 is 5.69 Å². The first-order valence-corrected chi connectivity index (χ1v) is 11.4. The molecular weight excluding hydrogens is 316 g/mol. The molecule has 2 nitrogen and oxygen atoms in total. The Labute approximate surface area is 162 Å². The largest absolute Gasteiger partial charge is 0.369 e. The minimum absolute atomic E-state index is 0.642. The van der Waals surface area contributed by atoms with Gasteiger partial charge in [-0.1, -0.05) is 70.1 Å². The van der Waals surface area contributed by atoms with Crippen molar-refractivity contribution in [2.75, 3.05) is 18.0 Å². The van der Waals surface area contributed by atoms with Gasteiger partial charge < -0.3 is 10.2 Å². The summed E-state index contributed by atoms with van der Waals surface area (Å²) in [5.74, 6) is 0. The van der Waals surface area contributed by atoms with E-state index >= 15 is 0 Å². The summed E-state index contributed by atoms with van der Waals surface area (Å²) in [7, 11) is 0. The van der Waals surface area contributed by atoms with Crippen molar-refractivity contribution < 1.29 is 0 Å². The molecule has 0 aromatic heterocycles. The van der Waals surface area contributed by atoms with E-state index in [9.17, 15) is 0 Å². The van der Waals surface area contributed by atoms with Gasteiger partial charge in [0, 0.05) is 24.3 Å². The molecule has 1 aromatic rings. The molecule has 26 heavy (non-hydrogen) atoms. The highest BCUT2D eigenvalue weighted by molar-refractivity contribution is 5.46. The van der Waals surface area contributed by atoms with Gasteiger partial charge in [-0.2, -0.15) is 0 Å². The van der Waals surface area contributed by atoms with Crippen LogP contribution in [0.5, 0.6) is 0 Å². The van der Waals surface area contributed by atoms with Gasteiger partial charge in [-0.3, -0.25) is 0 Å². The molecule has 0 spiro atoms. The number of benzene rings is 1. The Bertz CT molecular complexity index is 439. The van der Waals surface area contributed by atoms with E-state index in [-0.39, 0.29) is 0 Å².